The van der Waals surface area contributed by atoms with E-state index in [1.54, 1.807) is 6.92 Å². The zero-order valence-corrected chi connectivity index (χ0v) is 8.56. The second-order valence-electron chi connectivity index (χ2n) is 3.09. The van der Waals surface area contributed by atoms with Gasteiger partial charge in [-0.05, 0) is 0 Å². The molecule has 14 heavy (non-hydrogen) atoms. The topological polar surface area (TPSA) is 83.8 Å². The first-order chi connectivity index (χ1) is 6.45. The highest BCUT2D eigenvalue weighted by atomic mass is 16.5. The minimum absolute atomic E-state index is 0.166. The van der Waals surface area contributed by atoms with Gasteiger partial charge in [0.25, 0.3) is 0 Å². The van der Waals surface area contributed by atoms with Crippen LogP contribution in [0.25, 0.3) is 0 Å². The summed E-state index contributed by atoms with van der Waals surface area (Å²) in [5.41, 5.74) is 0. The molecule has 0 saturated carbocycles. The normalized spacial score (nSPS) is 16.9. The molecule has 2 N–H and O–H groups in total. The van der Waals surface area contributed by atoms with E-state index in [-0.39, 0.29) is 6.42 Å². The summed E-state index contributed by atoms with van der Waals surface area (Å²) in [5, 5.41) is 18.7. The Morgan fingerprint density at radius 1 is 1.29 bits per heavy atom. The number of ketones is 1. The second kappa shape index (κ2) is 5.72. The molecule has 3 unspecified atom stereocenters. The van der Waals surface area contributed by atoms with E-state index < -0.39 is 29.9 Å². The molecule has 0 saturated heterocycles. The molecular weight excluding hydrogens is 188 g/mol. The maximum Gasteiger partial charge on any atom is 0.335 e. The standard InChI is InChI=1S/C9H16O5/c1-4-6(10)7(11)5(2)8(12)9(13)14-3/h5,7-8,11-12H,4H2,1-3H3. The molecule has 82 valence electrons. The molecule has 0 aromatic carbocycles. The maximum absolute atomic E-state index is 11.1. The van der Waals surface area contributed by atoms with Gasteiger partial charge in [0.15, 0.2) is 11.9 Å². The van der Waals surface area contributed by atoms with Crippen molar-refractivity contribution in [2.24, 2.45) is 5.92 Å². The van der Waals surface area contributed by atoms with E-state index in [2.05, 4.69) is 4.74 Å². The van der Waals surface area contributed by atoms with E-state index in [0.29, 0.717) is 0 Å². The Hall–Kier alpha value is -0.940. The number of aliphatic hydroxyl groups is 2. The van der Waals surface area contributed by atoms with Crippen LogP contribution in [0.4, 0.5) is 0 Å². The molecule has 0 aliphatic heterocycles. The molecule has 0 radical (unpaired) electrons. The van der Waals surface area contributed by atoms with Crippen LogP contribution in [0.3, 0.4) is 0 Å². The average Bonchev–Trinajstić information content (AvgIpc) is 2.23. The van der Waals surface area contributed by atoms with Crippen molar-refractivity contribution < 1.29 is 24.5 Å². The third-order valence-corrected chi connectivity index (χ3v) is 2.12. The van der Waals surface area contributed by atoms with Gasteiger partial charge in [-0.1, -0.05) is 13.8 Å². The summed E-state index contributed by atoms with van der Waals surface area (Å²) in [6, 6.07) is 0. The first kappa shape index (κ1) is 13.1. The number of esters is 1. The number of aliphatic hydroxyl groups excluding tert-OH is 2. The number of Topliss-reactive ketones (excluding diaryl/α,β-unsaturated/α-hetero) is 1. The summed E-state index contributed by atoms with van der Waals surface area (Å²) < 4.78 is 4.29. The van der Waals surface area contributed by atoms with E-state index in [4.69, 9.17) is 0 Å². The molecule has 0 spiro atoms. The Balaban J connectivity index is 4.37. The lowest BCUT2D eigenvalue weighted by Gasteiger charge is -2.20. The van der Waals surface area contributed by atoms with Crippen molar-refractivity contribution in [1.82, 2.24) is 0 Å². The first-order valence-electron chi connectivity index (χ1n) is 4.42. The zero-order valence-electron chi connectivity index (χ0n) is 8.56. The van der Waals surface area contributed by atoms with Crippen LogP contribution >= 0.6 is 0 Å². The van der Waals surface area contributed by atoms with Crippen LogP contribution in [0, 0.1) is 5.92 Å². The Morgan fingerprint density at radius 3 is 2.14 bits per heavy atom. The molecule has 0 aliphatic rings. The van der Waals surface area contributed by atoms with Crippen LogP contribution in [0.5, 0.6) is 0 Å². The maximum atomic E-state index is 11.1. The monoisotopic (exact) mass is 204 g/mol. The van der Waals surface area contributed by atoms with Crippen molar-refractivity contribution in [3.8, 4) is 0 Å². The van der Waals surface area contributed by atoms with E-state index in [1.807, 2.05) is 0 Å². The zero-order chi connectivity index (χ0) is 11.3. The summed E-state index contributed by atoms with van der Waals surface area (Å²) in [6.07, 6.45) is -2.63. The van der Waals surface area contributed by atoms with Gasteiger partial charge in [0.05, 0.1) is 7.11 Å². The van der Waals surface area contributed by atoms with E-state index >= 15 is 0 Å². The molecule has 5 nitrogen and oxygen atoms in total. The summed E-state index contributed by atoms with van der Waals surface area (Å²) in [6.45, 7) is 3.02. The predicted octanol–water partition coefficient (Wildman–Crippen LogP) is -0.504. The fraction of sp³-hybridized carbons (Fsp3) is 0.778. The molecule has 0 heterocycles. The van der Waals surface area contributed by atoms with Gasteiger partial charge in [0, 0.05) is 12.3 Å². The van der Waals surface area contributed by atoms with Gasteiger partial charge < -0.3 is 14.9 Å². The lowest BCUT2D eigenvalue weighted by Crippen LogP contribution is -2.39. The van der Waals surface area contributed by atoms with Crippen molar-refractivity contribution in [2.45, 2.75) is 32.5 Å². The number of methoxy groups -OCH3 is 1. The summed E-state index contributed by atoms with van der Waals surface area (Å²) in [4.78, 5) is 21.9. The van der Waals surface area contributed by atoms with E-state index in [1.165, 1.54) is 6.92 Å². The largest absolute Gasteiger partial charge is 0.467 e. The molecular formula is C9H16O5. The Labute approximate surface area is 82.7 Å². The smallest absolute Gasteiger partial charge is 0.335 e. The second-order valence-corrected chi connectivity index (χ2v) is 3.09. The van der Waals surface area contributed by atoms with Gasteiger partial charge in [0.1, 0.15) is 6.10 Å². The summed E-state index contributed by atoms with van der Waals surface area (Å²) >= 11 is 0. The van der Waals surface area contributed by atoms with Crippen LogP contribution in [0.15, 0.2) is 0 Å². The number of rotatable bonds is 5. The lowest BCUT2D eigenvalue weighted by molar-refractivity contribution is -0.156. The third-order valence-electron chi connectivity index (χ3n) is 2.12. The third kappa shape index (κ3) is 3.08. The van der Waals surface area contributed by atoms with Crippen molar-refractivity contribution in [2.75, 3.05) is 7.11 Å². The van der Waals surface area contributed by atoms with Crippen LogP contribution in [0.2, 0.25) is 0 Å². The number of carbonyl (C=O) groups is 2. The van der Waals surface area contributed by atoms with Crippen LogP contribution in [-0.4, -0.2) is 41.3 Å². The Bertz CT molecular complexity index is 191. The van der Waals surface area contributed by atoms with Gasteiger partial charge in [-0.25, -0.2) is 4.79 Å². The van der Waals surface area contributed by atoms with Crippen molar-refractivity contribution >= 4 is 11.8 Å². The van der Waals surface area contributed by atoms with Crippen LogP contribution < -0.4 is 0 Å². The summed E-state index contributed by atoms with van der Waals surface area (Å²) in [7, 11) is 1.13. The quantitative estimate of drug-likeness (QED) is 0.589. The minimum atomic E-state index is -1.47. The molecule has 0 aromatic rings. The van der Waals surface area contributed by atoms with Crippen LogP contribution in [-0.2, 0) is 14.3 Å². The minimum Gasteiger partial charge on any atom is -0.467 e. The number of hydrogen-bond donors (Lipinski definition) is 2. The van der Waals surface area contributed by atoms with Crippen molar-refractivity contribution in [3.05, 3.63) is 0 Å². The average molecular weight is 204 g/mol. The molecule has 0 amide bonds. The Morgan fingerprint density at radius 2 is 1.79 bits per heavy atom. The number of ether oxygens (including phenoxy) is 1. The molecule has 3 atom stereocenters. The lowest BCUT2D eigenvalue weighted by atomic mass is 9.94. The highest BCUT2D eigenvalue weighted by molar-refractivity contribution is 5.84. The van der Waals surface area contributed by atoms with Gasteiger partial charge in [-0.3, -0.25) is 4.79 Å². The fourth-order valence-corrected chi connectivity index (χ4v) is 1.01. The highest BCUT2D eigenvalue weighted by Crippen LogP contribution is 2.12. The van der Waals surface area contributed by atoms with Crippen molar-refractivity contribution in [3.63, 3.8) is 0 Å². The van der Waals surface area contributed by atoms with Gasteiger partial charge in [0.2, 0.25) is 0 Å². The number of carbonyl (C=O) groups excluding carboxylic acids is 2. The van der Waals surface area contributed by atoms with Gasteiger partial charge in [-0.2, -0.15) is 0 Å². The molecule has 0 aromatic heterocycles. The SMILES string of the molecule is CCC(=O)C(O)C(C)C(O)C(=O)OC. The molecule has 5 heteroatoms. The highest BCUT2D eigenvalue weighted by Gasteiger charge is 2.31. The molecule has 0 rings (SSSR count). The number of hydrogen-bond acceptors (Lipinski definition) is 5. The van der Waals surface area contributed by atoms with Gasteiger partial charge in [-0.15, -0.1) is 0 Å². The van der Waals surface area contributed by atoms with E-state index in [0.717, 1.165) is 7.11 Å². The summed E-state index contributed by atoms with van der Waals surface area (Å²) in [5.74, 6) is -2.10. The first-order valence-corrected chi connectivity index (χ1v) is 4.42. The Kier molecular flexibility index (Phi) is 5.34. The predicted molar refractivity (Wildman–Crippen MR) is 48.5 cm³/mol. The van der Waals surface area contributed by atoms with E-state index in [9.17, 15) is 19.8 Å². The van der Waals surface area contributed by atoms with Gasteiger partial charge >= 0.3 is 5.97 Å². The molecule has 0 fully saturated rings. The molecule has 0 bridgehead atoms. The van der Waals surface area contributed by atoms with Crippen LogP contribution in [0.1, 0.15) is 20.3 Å². The molecule has 0 aliphatic carbocycles. The fourth-order valence-electron chi connectivity index (χ4n) is 1.01. The van der Waals surface area contributed by atoms with Crippen molar-refractivity contribution in [1.29, 1.82) is 0 Å².